The average molecular weight is 879 g/mol. The molecule has 4 aromatic heterocycles. The normalized spacial score (nSPS) is 11.4. The third-order valence-electron chi connectivity index (χ3n) is 13.3. The zero-order valence-corrected chi connectivity index (χ0v) is 36.7. The Labute approximate surface area is 395 Å². The summed E-state index contributed by atoms with van der Waals surface area (Å²) in [7, 11) is 0. The van der Waals surface area contributed by atoms with Crippen molar-refractivity contribution >= 4 is 71.1 Å². The molecule has 69 heavy (non-hydrogen) atoms. The Bertz CT molecular complexity index is 4220. The van der Waals surface area contributed by atoms with Gasteiger partial charge in [0.05, 0.1) is 74.3 Å². The third kappa shape index (κ3) is 6.20. The van der Waals surface area contributed by atoms with Crippen molar-refractivity contribution in [2.45, 2.75) is 0 Å². The van der Waals surface area contributed by atoms with Crippen molar-refractivity contribution in [3.63, 3.8) is 0 Å². The molecule has 0 amide bonds. The van der Waals surface area contributed by atoms with Crippen LogP contribution in [0.4, 0.5) is 5.69 Å². The quantitative estimate of drug-likeness (QED) is 0.156. The molecule has 0 aliphatic rings. The highest BCUT2D eigenvalue weighted by Crippen LogP contribution is 2.41. The highest BCUT2D eigenvalue weighted by atomic mass is 15.0. The third-order valence-corrected chi connectivity index (χ3v) is 13.3. The van der Waals surface area contributed by atoms with Crippen LogP contribution in [-0.2, 0) is 0 Å². The first kappa shape index (κ1) is 39.3. The van der Waals surface area contributed by atoms with E-state index in [0.717, 1.165) is 88.5 Å². The van der Waals surface area contributed by atoms with Crippen molar-refractivity contribution in [2.75, 3.05) is 0 Å². The molecule has 0 saturated heterocycles. The molecule has 0 aliphatic carbocycles. The van der Waals surface area contributed by atoms with Gasteiger partial charge in [0, 0.05) is 60.7 Å². The molecule has 9 aromatic carbocycles. The summed E-state index contributed by atoms with van der Waals surface area (Å²) >= 11 is 0. The summed E-state index contributed by atoms with van der Waals surface area (Å²) in [6.07, 6.45) is 0. The Balaban J connectivity index is 1.05. The van der Waals surface area contributed by atoms with Crippen molar-refractivity contribution in [3.05, 3.63) is 229 Å². The number of hydrogen-bond acceptors (Lipinski definition) is 4. The molecule has 8 heteroatoms. The van der Waals surface area contributed by atoms with Gasteiger partial charge < -0.3 is 13.7 Å². The molecule has 13 rings (SSSR count). The minimum Gasteiger partial charge on any atom is -0.309 e. The fraction of sp³-hybridized carbons (Fsp3) is 0. The number of para-hydroxylation sites is 2. The van der Waals surface area contributed by atoms with Gasteiger partial charge in [0.1, 0.15) is 0 Å². The van der Waals surface area contributed by atoms with Gasteiger partial charge in [-0.25, -0.2) is 14.8 Å². The lowest BCUT2D eigenvalue weighted by Gasteiger charge is -2.13. The van der Waals surface area contributed by atoms with Gasteiger partial charge in [0.15, 0.2) is 11.5 Å². The number of rotatable bonds is 6. The van der Waals surface area contributed by atoms with Crippen LogP contribution in [0.3, 0.4) is 0 Å². The molecule has 0 radical (unpaired) electrons. The molecule has 0 N–H and O–H groups in total. The molecule has 0 spiro atoms. The lowest BCUT2D eigenvalue weighted by molar-refractivity contribution is 1.15. The first-order valence-electron chi connectivity index (χ1n) is 22.5. The Morgan fingerprint density at radius 1 is 0.391 bits per heavy atom. The zero-order valence-electron chi connectivity index (χ0n) is 36.7. The molecular formula is C61H34N8. The fourth-order valence-corrected chi connectivity index (χ4v) is 10.2. The maximum absolute atomic E-state index is 11.0. The summed E-state index contributed by atoms with van der Waals surface area (Å²) in [6, 6.07) is 74.5. The Morgan fingerprint density at radius 3 is 1.46 bits per heavy atom. The number of aromatic nitrogens is 5. The fourth-order valence-electron chi connectivity index (χ4n) is 10.2. The Hall–Kier alpha value is -10.1. The van der Waals surface area contributed by atoms with Crippen molar-refractivity contribution in [1.29, 1.82) is 10.5 Å². The van der Waals surface area contributed by atoms with Crippen LogP contribution in [-0.4, -0.2) is 23.7 Å². The second-order valence-corrected chi connectivity index (χ2v) is 17.1. The monoisotopic (exact) mass is 878 g/mol. The van der Waals surface area contributed by atoms with Crippen molar-refractivity contribution < 1.29 is 0 Å². The van der Waals surface area contributed by atoms with Gasteiger partial charge in [-0.1, -0.05) is 103 Å². The van der Waals surface area contributed by atoms with Gasteiger partial charge in [-0.3, -0.25) is 0 Å². The molecule has 13 aromatic rings. The first-order chi connectivity index (χ1) is 34.1. The lowest BCUT2D eigenvalue weighted by atomic mass is 10.0. The average Bonchev–Trinajstić information content (AvgIpc) is 4.05. The van der Waals surface area contributed by atoms with Crippen LogP contribution in [0.5, 0.6) is 0 Å². The second-order valence-electron chi connectivity index (χ2n) is 17.1. The van der Waals surface area contributed by atoms with Gasteiger partial charge in [-0.15, -0.1) is 0 Å². The van der Waals surface area contributed by atoms with Crippen LogP contribution in [0.1, 0.15) is 11.1 Å². The summed E-state index contributed by atoms with van der Waals surface area (Å²) in [5, 5.41) is 27.1. The Morgan fingerprint density at radius 2 is 0.870 bits per heavy atom. The Kier molecular flexibility index (Phi) is 8.85. The predicted octanol–water partition coefficient (Wildman–Crippen LogP) is 15.1. The maximum Gasteiger partial charge on any atom is 0.188 e. The van der Waals surface area contributed by atoms with E-state index in [1.165, 1.54) is 10.8 Å². The van der Waals surface area contributed by atoms with E-state index in [1.807, 2.05) is 115 Å². The maximum atomic E-state index is 11.0. The largest absolute Gasteiger partial charge is 0.309 e. The van der Waals surface area contributed by atoms with E-state index in [-0.39, 0.29) is 0 Å². The van der Waals surface area contributed by atoms with E-state index in [1.54, 1.807) is 0 Å². The first-order valence-corrected chi connectivity index (χ1v) is 22.5. The predicted molar refractivity (Wildman–Crippen MR) is 277 cm³/mol. The van der Waals surface area contributed by atoms with E-state index in [9.17, 15) is 10.5 Å². The SMILES string of the molecule is [C-]#[N+]c1ccc2c(c1)c1cc(C#N)ccc1n2-c1ccc2c(c1)c1cc(-n3c4ccccc4c4ccccc43)ccc1n2-c1ccc(-c2cc(-c3ccccc3)nc(-c3ccccc3)n2)c(C#N)c1. The molecule has 8 nitrogen and oxygen atoms in total. The van der Waals surface area contributed by atoms with Gasteiger partial charge >= 0.3 is 0 Å². The summed E-state index contributed by atoms with van der Waals surface area (Å²) in [5.74, 6) is 0.581. The van der Waals surface area contributed by atoms with Crippen LogP contribution >= 0.6 is 0 Å². The number of nitrogens with zero attached hydrogens (tertiary/aromatic N) is 8. The van der Waals surface area contributed by atoms with Gasteiger partial charge in [0.2, 0.25) is 0 Å². The zero-order chi connectivity index (χ0) is 46.2. The van der Waals surface area contributed by atoms with Gasteiger partial charge in [0.25, 0.3) is 0 Å². The van der Waals surface area contributed by atoms with E-state index in [2.05, 4.69) is 122 Å². The molecule has 0 bridgehead atoms. The topological polar surface area (TPSA) is 92.5 Å². The summed E-state index contributed by atoms with van der Waals surface area (Å²) in [6.45, 7) is 7.78. The minimum atomic E-state index is 0.485. The summed E-state index contributed by atoms with van der Waals surface area (Å²) in [4.78, 5) is 13.8. The highest BCUT2D eigenvalue weighted by Gasteiger charge is 2.21. The number of hydrogen-bond donors (Lipinski definition) is 0. The number of fused-ring (bicyclic) bond motifs is 9. The molecule has 318 valence electrons. The number of benzene rings is 9. The summed E-state index contributed by atoms with van der Waals surface area (Å²) < 4.78 is 6.80. The van der Waals surface area contributed by atoms with E-state index < -0.39 is 0 Å². The smallest absolute Gasteiger partial charge is 0.188 e. The number of nitriles is 2. The van der Waals surface area contributed by atoms with Crippen LogP contribution < -0.4 is 0 Å². The molecule has 0 aliphatic heterocycles. The molecule has 0 unspecified atom stereocenters. The van der Waals surface area contributed by atoms with Crippen molar-refractivity contribution in [3.8, 4) is 63.1 Å². The van der Waals surface area contributed by atoms with Crippen LogP contribution in [0.25, 0.3) is 121 Å². The van der Waals surface area contributed by atoms with Crippen molar-refractivity contribution in [1.82, 2.24) is 23.7 Å². The van der Waals surface area contributed by atoms with E-state index in [0.29, 0.717) is 33.9 Å². The molecular weight excluding hydrogens is 845 g/mol. The van der Waals surface area contributed by atoms with Gasteiger partial charge in [-0.05, 0) is 109 Å². The molecule has 0 saturated carbocycles. The second kappa shape index (κ2) is 15.5. The van der Waals surface area contributed by atoms with Gasteiger partial charge in [-0.2, -0.15) is 10.5 Å². The summed E-state index contributed by atoms with van der Waals surface area (Å²) in [5.41, 5.74) is 14.4. The lowest BCUT2D eigenvalue weighted by Crippen LogP contribution is -1.99. The molecule has 0 fully saturated rings. The highest BCUT2D eigenvalue weighted by molar-refractivity contribution is 6.14. The van der Waals surface area contributed by atoms with Crippen molar-refractivity contribution in [2.24, 2.45) is 0 Å². The van der Waals surface area contributed by atoms with Crippen LogP contribution in [0.2, 0.25) is 0 Å². The minimum absolute atomic E-state index is 0.485. The standard InChI is InChI=1S/C61H34N8/c1-64-42-21-27-58-50(32-42)49-30-38(36-62)20-26-57(49)69(58)45-24-29-60-52(34-45)51-33-44(68-55-18-10-8-16-47(55)48-17-9-11-19-56(48)68)23-28-59(51)67(60)43-22-25-46(41(31-43)37-63)54-35-53(39-12-4-2-5-13-39)65-61(66-54)40-14-6-3-7-15-40/h2-35H. The molecule has 4 heterocycles. The van der Waals surface area contributed by atoms with E-state index in [4.69, 9.17) is 16.5 Å². The van der Waals surface area contributed by atoms with Crippen LogP contribution in [0, 0.1) is 29.2 Å². The van der Waals surface area contributed by atoms with E-state index >= 15 is 0 Å². The van der Waals surface area contributed by atoms with Crippen LogP contribution in [0.15, 0.2) is 206 Å². The molecule has 0 atom stereocenters.